The second-order valence-corrected chi connectivity index (χ2v) is 5.97. The number of hydrogen-bond acceptors (Lipinski definition) is 5. The minimum atomic E-state index is -0.496. The first-order chi connectivity index (χ1) is 12.6. The molecular formula is C19H17FN6. The summed E-state index contributed by atoms with van der Waals surface area (Å²) >= 11 is 0. The van der Waals surface area contributed by atoms with E-state index in [0.717, 1.165) is 28.0 Å². The summed E-state index contributed by atoms with van der Waals surface area (Å²) in [5.41, 5.74) is 3.44. The van der Waals surface area contributed by atoms with Gasteiger partial charge < -0.3 is 10.2 Å². The summed E-state index contributed by atoms with van der Waals surface area (Å²) in [5.74, 6) is 0.0191. The molecule has 0 radical (unpaired) electrons. The number of fused-ring (bicyclic) bond motifs is 1. The molecule has 0 aliphatic rings. The van der Waals surface area contributed by atoms with Crippen LogP contribution in [0.25, 0.3) is 10.9 Å². The normalized spacial score (nSPS) is 10.9. The number of aromatic amines is 1. The van der Waals surface area contributed by atoms with Gasteiger partial charge in [0.1, 0.15) is 0 Å². The number of benzene rings is 2. The molecule has 2 heterocycles. The summed E-state index contributed by atoms with van der Waals surface area (Å²) in [6.45, 7) is 1.96. The van der Waals surface area contributed by atoms with Crippen LogP contribution in [-0.2, 0) is 0 Å². The Morgan fingerprint density at radius 3 is 2.73 bits per heavy atom. The number of H-pyrrole nitrogens is 1. The van der Waals surface area contributed by atoms with Gasteiger partial charge in [-0.2, -0.15) is 10.1 Å². The van der Waals surface area contributed by atoms with E-state index >= 15 is 0 Å². The van der Waals surface area contributed by atoms with E-state index in [2.05, 4.69) is 25.5 Å². The SMILES string of the molecule is Cc1[nH]nc2cc(N(C)c3nc(Nc4ccccc4)ncc3F)ccc12. The van der Waals surface area contributed by atoms with Crippen LogP contribution in [0.1, 0.15) is 5.69 Å². The van der Waals surface area contributed by atoms with Gasteiger partial charge in [-0.3, -0.25) is 5.10 Å². The lowest BCUT2D eigenvalue weighted by molar-refractivity contribution is 0.614. The van der Waals surface area contributed by atoms with E-state index in [1.807, 2.05) is 55.5 Å². The number of nitrogens with zero attached hydrogens (tertiary/aromatic N) is 4. The highest BCUT2D eigenvalue weighted by Crippen LogP contribution is 2.28. The summed E-state index contributed by atoms with van der Waals surface area (Å²) in [6, 6.07) is 15.3. The zero-order chi connectivity index (χ0) is 18.1. The number of hydrogen-bond donors (Lipinski definition) is 2. The Labute approximate surface area is 149 Å². The average Bonchev–Trinajstić information content (AvgIpc) is 3.04. The number of aryl methyl sites for hydroxylation is 1. The van der Waals surface area contributed by atoms with Gasteiger partial charge in [0.2, 0.25) is 5.95 Å². The zero-order valence-electron chi connectivity index (χ0n) is 14.4. The highest BCUT2D eigenvalue weighted by Gasteiger charge is 2.15. The zero-order valence-corrected chi connectivity index (χ0v) is 14.4. The second-order valence-electron chi connectivity index (χ2n) is 5.97. The van der Waals surface area contributed by atoms with E-state index in [1.165, 1.54) is 6.20 Å². The Kier molecular flexibility index (Phi) is 3.96. The monoisotopic (exact) mass is 348 g/mol. The topological polar surface area (TPSA) is 69.7 Å². The molecule has 2 aromatic heterocycles. The van der Waals surface area contributed by atoms with Gasteiger partial charge >= 0.3 is 0 Å². The fourth-order valence-electron chi connectivity index (χ4n) is 2.77. The highest BCUT2D eigenvalue weighted by atomic mass is 19.1. The van der Waals surface area contributed by atoms with Crippen molar-refractivity contribution in [3.63, 3.8) is 0 Å². The van der Waals surface area contributed by atoms with Crippen molar-refractivity contribution < 1.29 is 4.39 Å². The quantitative estimate of drug-likeness (QED) is 0.575. The van der Waals surface area contributed by atoms with E-state index in [9.17, 15) is 4.39 Å². The Morgan fingerprint density at radius 1 is 1.12 bits per heavy atom. The Balaban J connectivity index is 1.67. The van der Waals surface area contributed by atoms with Gasteiger partial charge in [-0.05, 0) is 37.3 Å². The van der Waals surface area contributed by atoms with Crippen LogP contribution in [0.3, 0.4) is 0 Å². The summed E-state index contributed by atoms with van der Waals surface area (Å²) < 4.78 is 14.3. The minimum Gasteiger partial charge on any atom is -0.327 e. The van der Waals surface area contributed by atoms with Crippen LogP contribution in [-0.4, -0.2) is 27.2 Å². The number of aromatic nitrogens is 4. The van der Waals surface area contributed by atoms with Gasteiger partial charge in [0.05, 0.1) is 11.7 Å². The fraction of sp³-hybridized carbons (Fsp3) is 0.105. The van der Waals surface area contributed by atoms with E-state index in [0.29, 0.717) is 5.95 Å². The van der Waals surface area contributed by atoms with Gasteiger partial charge in [-0.1, -0.05) is 18.2 Å². The van der Waals surface area contributed by atoms with E-state index in [-0.39, 0.29) is 5.82 Å². The molecular weight excluding hydrogens is 331 g/mol. The Hall–Kier alpha value is -3.48. The van der Waals surface area contributed by atoms with Crippen molar-refractivity contribution in [2.45, 2.75) is 6.92 Å². The van der Waals surface area contributed by atoms with Crippen LogP contribution in [0.5, 0.6) is 0 Å². The molecule has 4 aromatic rings. The maximum Gasteiger partial charge on any atom is 0.229 e. The Bertz CT molecular complexity index is 1060. The molecule has 26 heavy (non-hydrogen) atoms. The van der Waals surface area contributed by atoms with Crippen molar-refractivity contribution in [1.29, 1.82) is 0 Å². The van der Waals surface area contributed by atoms with Crippen LogP contribution in [0.4, 0.5) is 27.5 Å². The third kappa shape index (κ3) is 2.95. The molecule has 0 amide bonds. The first-order valence-corrected chi connectivity index (χ1v) is 8.15. The van der Waals surface area contributed by atoms with E-state index < -0.39 is 5.82 Å². The summed E-state index contributed by atoms with van der Waals surface area (Å²) in [5, 5.41) is 11.3. The lowest BCUT2D eigenvalue weighted by atomic mass is 10.2. The van der Waals surface area contributed by atoms with Crippen molar-refractivity contribution in [3.05, 3.63) is 66.2 Å². The number of para-hydroxylation sites is 1. The predicted molar refractivity (Wildman–Crippen MR) is 101 cm³/mol. The van der Waals surface area contributed by atoms with Crippen LogP contribution < -0.4 is 10.2 Å². The minimum absolute atomic E-state index is 0.185. The molecule has 7 heteroatoms. The lowest BCUT2D eigenvalue weighted by Crippen LogP contribution is -2.14. The molecule has 2 N–H and O–H groups in total. The highest BCUT2D eigenvalue weighted by molar-refractivity contribution is 5.85. The van der Waals surface area contributed by atoms with Gasteiger partial charge in [-0.25, -0.2) is 9.37 Å². The second kappa shape index (κ2) is 6.44. The smallest absolute Gasteiger partial charge is 0.229 e. The van der Waals surface area contributed by atoms with E-state index in [4.69, 9.17) is 0 Å². The molecule has 4 rings (SSSR count). The summed E-state index contributed by atoms with van der Waals surface area (Å²) in [4.78, 5) is 10.0. The van der Waals surface area contributed by atoms with Crippen molar-refractivity contribution in [1.82, 2.24) is 20.2 Å². The van der Waals surface area contributed by atoms with Crippen molar-refractivity contribution in [2.75, 3.05) is 17.3 Å². The largest absolute Gasteiger partial charge is 0.327 e. The molecule has 0 aliphatic heterocycles. The molecule has 130 valence electrons. The number of halogens is 1. The maximum absolute atomic E-state index is 14.3. The molecule has 0 fully saturated rings. The maximum atomic E-state index is 14.3. The molecule has 6 nitrogen and oxygen atoms in total. The molecule has 0 bridgehead atoms. The number of rotatable bonds is 4. The third-order valence-corrected chi connectivity index (χ3v) is 4.19. The molecule has 0 aliphatic carbocycles. The van der Waals surface area contributed by atoms with Crippen LogP contribution in [0, 0.1) is 12.7 Å². The van der Waals surface area contributed by atoms with Gasteiger partial charge in [0.15, 0.2) is 11.6 Å². The van der Waals surface area contributed by atoms with Crippen molar-refractivity contribution in [3.8, 4) is 0 Å². The molecule has 0 spiro atoms. The van der Waals surface area contributed by atoms with Gasteiger partial charge in [0.25, 0.3) is 0 Å². The number of nitrogens with one attached hydrogen (secondary N) is 2. The number of anilines is 4. The first kappa shape index (κ1) is 16.0. The van der Waals surface area contributed by atoms with E-state index in [1.54, 1.807) is 11.9 Å². The fourth-order valence-corrected chi connectivity index (χ4v) is 2.77. The van der Waals surface area contributed by atoms with Crippen molar-refractivity contribution >= 4 is 34.0 Å². The molecule has 0 atom stereocenters. The van der Waals surface area contributed by atoms with Crippen molar-refractivity contribution in [2.24, 2.45) is 0 Å². The van der Waals surface area contributed by atoms with Gasteiger partial charge in [0, 0.05) is 29.5 Å². The average molecular weight is 348 g/mol. The summed E-state index contributed by atoms with van der Waals surface area (Å²) in [6.07, 6.45) is 1.17. The van der Waals surface area contributed by atoms with Crippen LogP contribution in [0.2, 0.25) is 0 Å². The van der Waals surface area contributed by atoms with Gasteiger partial charge in [-0.15, -0.1) is 0 Å². The standard InChI is InChI=1S/C19H17FN6/c1-12-15-9-8-14(10-17(15)25-24-12)26(2)18-16(20)11-21-19(23-18)22-13-6-4-3-5-7-13/h3-11H,1-2H3,(H,24,25)(H,21,22,23). The Morgan fingerprint density at radius 2 is 1.92 bits per heavy atom. The predicted octanol–water partition coefficient (Wildman–Crippen LogP) is 4.31. The molecule has 2 aromatic carbocycles. The lowest BCUT2D eigenvalue weighted by Gasteiger charge is -2.19. The van der Waals surface area contributed by atoms with Crippen LogP contribution >= 0.6 is 0 Å². The first-order valence-electron chi connectivity index (χ1n) is 8.15. The third-order valence-electron chi connectivity index (χ3n) is 4.19. The molecule has 0 saturated heterocycles. The van der Waals surface area contributed by atoms with Crippen LogP contribution in [0.15, 0.2) is 54.7 Å². The summed E-state index contributed by atoms with van der Waals surface area (Å²) in [7, 11) is 1.76. The molecule has 0 unspecified atom stereocenters. The molecule has 0 saturated carbocycles.